The summed E-state index contributed by atoms with van der Waals surface area (Å²) in [5, 5.41) is 13.3. The third kappa shape index (κ3) is 4.08. The summed E-state index contributed by atoms with van der Waals surface area (Å²) in [4.78, 5) is 12.2. The van der Waals surface area contributed by atoms with Gasteiger partial charge in [0.2, 0.25) is 0 Å². The standard InChI is InChI=1S/C17H18BrNO3/c1-17(21,13-6-8-14(18)9-7-13)11-19-16(20)12-4-3-5-15(10-12)22-2/h3-10,21H,11H2,1-2H3,(H,19,20). The number of hydrogen-bond donors (Lipinski definition) is 2. The van der Waals surface area contributed by atoms with Gasteiger partial charge in [-0.3, -0.25) is 4.79 Å². The lowest BCUT2D eigenvalue weighted by Crippen LogP contribution is -2.38. The number of ether oxygens (including phenoxy) is 1. The number of nitrogens with one attached hydrogen (secondary N) is 1. The summed E-state index contributed by atoms with van der Waals surface area (Å²) in [7, 11) is 1.55. The first-order valence-corrected chi connectivity index (χ1v) is 7.62. The molecule has 1 amide bonds. The lowest BCUT2D eigenvalue weighted by Gasteiger charge is -2.24. The van der Waals surface area contributed by atoms with Crippen LogP contribution in [0, 0.1) is 0 Å². The number of carbonyl (C=O) groups excluding carboxylic acids is 1. The highest BCUT2D eigenvalue weighted by Crippen LogP contribution is 2.22. The predicted octanol–water partition coefficient (Wildman–Crippen LogP) is 3.10. The molecule has 0 bridgehead atoms. The Morgan fingerprint density at radius 1 is 1.27 bits per heavy atom. The normalized spacial score (nSPS) is 13.3. The maximum Gasteiger partial charge on any atom is 0.251 e. The van der Waals surface area contributed by atoms with E-state index in [2.05, 4.69) is 21.2 Å². The molecule has 4 nitrogen and oxygen atoms in total. The molecular weight excluding hydrogens is 346 g/mol. The van der Waals surface area contributed by atoms with Crippen LogP contribution in [0.1, 0.15) is 22.8 Å². The number of aliphatic hydroxyl groups is 1. The molecular formula is C17H18BrNO3. The van der Waals surface area contributed by atoms with Crippen molar-refractivity contribution in [1.29, 1.82) is 0 Å². The maximum absolute atomic E-state index is 12.2. The Kier molecular flexibility index (Phi) is 5.21. The fourth-order valence-electron chi connectivity index (χ4n) is 2.03. The second-order valence-corrected chi connectivity index (χ2v) is 6.11. The first-order chi connectivity index (χ1) is 10.4. The zero-order chi connectivity index (χ0) is 16.2. The van der Waals surface area contributed by atoms with Crippen LogP contribution in [0.5, 0.6) is 5.75 Å². The molecule has 1 atom stereocenters. The molecule has 5 heteroatoms. The van der Waals surface area contributed by atoms with Crippen molar-refractivity contribution in [2.24, 2.45) is 0 Å². The average molecular weight is 364 g/mol. The molecule has 0 aliphatic carbocycles. The Hall–Kier alpha value is -1.85. The van der Waals surface area contributed by atoms with E-state index >= 15 is 0 Å². The second-order valence-electron chi connectivity index (χ2n) is 5.20. The quantitative estimate of drug-likeness (QED) is 0.857. The van der Waals surface area contributed by atoms with Crippen molar-refractivity contribution >= 4 is 21.8 Å². The van der Waals surface area contributed by atoms with Gasteiger partial charge in [0, 0.05) is 10.0 Å². The molecule has 0 aliphatic rings. The van der Waals surface area contributed by atoms with E-state index < -0.39 is 5.60 Å². The number of rotatable bonds is 5. The van der Waals surface area contributed by atoms with Gasteiger partial charge in [-0.1, -0.05) is 34.1 Å². The third-order valence-electron chi connectivity index (χ3n) is 3.39. The van der Waals surface area contributed by atoms with Gasteiger partial charge in [-0.15, -0.1) is 0 Å². The summed E-state index contributed by atoms with van der Waals surface area (Å²) >= 11 is 3.36. The molecule has 0 spiro atoms. The SMILES string of the molecule is COc1cccc(C(=O)NCC(C)(O)c2ccc(Br)cc2)c1. The van der Waals surface area contributed by atoms with Crippen LogP contribution >= 0.6 is 15.9 Å². The van der Waals surface area contributed by atoms with Crippen molar-refractivity contribution in [2.75, 3.05) is 13.7 Å². The van der Waals surface area contributed by atoms with Gasteiger partial charge in [0.25, 0.3) is 5.91 Å². The second kappa shape index (κ2) is 6.94. The van der Waals surface area contributed by atoms with E-state index in [4.69, 9.17) is 4.74 Å². The highest BCUT2D eigenvalue weighted by Gasteiger charge is 2.24. The van der Waals surface area contributed by atoms with E-state index in [1.807, 2.05) is 24.3 Å². The molecule has 0 saturated carbocycles. The number of amides is 1. The highest BCUT2D eigenvalue weighted by atomic mass is 79.9. The summed E-state index contributed by atoms with van der Waals surface area (Å²) in [5.41, 5.74) is 0.0856. The Morgan fingerprint density at radius 2 is 1.95 bits per heavy atom. The van der Waals surface area contributed by atoms with Crippen LogP contribution in [0.3, 0.4) is 0 Å². The summed E-state index contributed by atoms with van der Waals surface area (Å²) in [6.45, 7) is 1.78. The molecule has 0 aromatic heterocycles. The van der Waals surface area contributed by atoms with Gasteiger partial charge in [-0.05, 0) is 42.8 Å². The Labute approximate surface area is 138 Å². The van der Waals surface area contributed by atoms with Crippen LogP contribution in [0.2, 0.25) is 0 Å². The lowest BCUT2D eigenvalue weighted by atomic mass is 9.96. The van der Waals surface area contributed by atoms with Gasteiger partial charge in [0.1, 0.15) is 11.4 Å². The zero-order valence-corrected chi connectivity index (χ0v) is 14.1. The van der Waals surface area contributed by atoms with E-state index in [1.165, 1.54) is 0 Å². The predicted molar refractivity (Wildman–Crippen MR) is 89.0 cm³/mol. The minimum atomic E-state index is -1.14. The van der Waals surface area contributed by atoms with Crippen LogP contribution in [0.15, 0.2) is 53.0 Å². The number of methoxy groups -OCH3 is 1. The van der Waals surface area contributed by atoms with E-state index in [0.29, 0.717) is 11.3 Å². The molecule has 0 saturated heterocycles. The number of halogens is 1. The summed E-state index contributed by atoms with van der Waals surface area (Å²) in [6, 6.07) is 14.2. The minimum absolute atomic E-state index is 0.116. The van der Waals surface area contributed by atoms with Gasteiger partial charge < -0.3 is 15.2 Å². The molecule has 2 N–H and O–H groups in total. The summed E-state index contributed by atoms with van der Waals surface area (Å²) in [6.07, 6.45) is 0. The summed E-state index contributed by atoms with van der Waals surface area (Å²) < 4.78 is 6.03. The topological polar surface area (TPSA) is 58.6 Å². The Balaban J connectivity index is 2.04. The highest BCUT2D eigenvalue weighted by molar-refractivity contribution is 9.10. The van der Waals surface area contributed by atoms with Gasteiger partial charge in [0.15, 0.2) is 0 Å². The van der Waals surface area contributed by atoms with E-state index in [1.54, 1.807) is 38.3 Å². The Morgan fingerprint density at radius 3 is 2.59 bits per heavy atom. The zero-order valence-electron chi connectivity index (χ0n) is 12.5. The lowest BCUT2D eigenvalue weighted by molar-refractivity contribution is 0.0526. The summed E-state index contributed by atoms with van der Waals surface area (Å²) in [5.74, 6) is 0.364. The van der Waals surface area contributed by atoms with Crippen molar-refractivity contribution in [2.45, 2.75) is 12.5 Å². The maximum atomic E-state index is 12.2. The number of carbonyl (C=O) groups is 1. The number of benzene rings is 2. The molecule has 0 fully saturated rings. The van der Waals surface area contributed by atoms with Gasteiger partial charge in [0.05, 0.1) is 13.7 Å². The van der Waals surface area contributed by atoms with E-state index in [0.717, 1.165) is 10.0 Å². The number of hydrogen-bond acceptors (Lipinski definition) is 3. The fraction of sp³-hybridized carbons (Fsp3) is 0.235. The van der Waals surface area contributed by atoms with E-state index in [-0.39, 0.29) is 12.5 Å². The van der Waals surface area contributed by atoms with Crippen molar-refractivity contribution < 1.29 is 14.6 Å². The largest absolute Gasteiger partial charge is 0.497 e. The van der Waals surface area contributed by atoms with Crippen molar-refractivity contribution in [3.63, 3.8) is 0 Å². The molecule has 0 heterocycles. The van der Waals surface area contributed by atoms with Gasteiger partial charge in [-0.2, -0.15) is 0 Å². The van der Waals surface area contributed by atoms with Crippen LogP contribution in [-0.2, 0) is 5.60 Å². The van der Waals surface area contributed by atoms with Gasteiger partial charge >= 0.3 is 0 Å². The van der Waals surface area contributed by atoms with Crippen molar-refractivity contribution in [1.82, 2.24) is 5.32 Å². The molecule has 2 rings (SSSR count). The average Bonchev–Trinajstić information content (AvgIpc) is 2.53. The fourth-order valence-corrected chi connectivity index (χ4v) is 2.29. The van der Waals surface area contributed by atoms with Crippen LogP contribution in [0.4, 0.5) is 0 Å². The van der Waals surface area contributed by atoms with Crippen LogP contribution in [-0.4, -0.2) is 24.7 Å². The van der Waals surface area contributed by atoms with E-state index in [9.17, 15) is 9.90 Å². The third-order valence-corrected chi connectivity index (χ3v) is 3.92. The van der Waals surface area contributed by atoms with Crippen LogP contribution < -0.4 is 10.1 Å². The van der Waals surface area contributed by atoms with Crippen LogP contribution in [0.25, 0.3) is 0 Å². The monoisotopic (exact) mass is 363 g/mol. The molecule has 2 aromatic carbocycles. The molecule has 0 aliphatic heterocycles. The molecule has 22 heavy (non-hydrogen) atoms. The Bertz CT molecular complexity index is 653. The van der Waals surface area contributed by atoms with Crippen molar-refractivity contribution in [3.8, 4) is 5.75 Å². The molecule has 116 valence electrons. The molecule has 2 aromatic rings. The molecule has 1 unspecified atom stereocenters. The smallest absolute Gasteiger partial charge is 0.251 e. The molecule has 0 radical (unpaired) electrons. The van der Waals surface area contributed by atoms with Crippen molar-refractivity contribution in [3.05, 3.63) is 64.1 Å². The first kappa shape index (κ1) is 16.5. The minimum Gasteiger partial charge on any atom is -0.497 e. The first-order valence-electron chi connectivity index (χ1n) is 6.83. The van der Waals surface area contributed by atoms with Gasteiger partial charge in [-0.25, -0.2) is 0 Å².